The number of nitrogens with one attached hydrogen (secondary N) is 1. The average molecular weight is 290 g/mol. The minimum Gasteiger partial charge on any atom is -0.320 e. The number of hydrogen-bond acceptors (Lipinski definition) is 3. The highest BCUT2D eigenvalue weighted by atomic mass is 35.5. The Morgan fingerprint density at radius 1 is 1.45 bits per heavy atom. The zero-order chi connectivity index (χ0) is 14.7. The van der Waals surface area contributed by atoms with Crippen LogP contribution in [-0.4, -0.2) is 10.9 Å². The molecule has 0 saturated heterocycles. The van der Waals surface area contributed by atoms with Gasteiger partial charge in [-0.05, 0) is 31.2 Å². The van der Waals surface area contributed by atoms with Gasteiger partial charge in [-0.2, -0.15) is 5.26 Å². The second-order valence-electron chi connectivity index (χ2n) is 4.06. The van der Waals surface area contributed by atoms with E-state index in [1.807, 2.05) is 6.07 Å². The standard InChI is InChI=1S/C14H9ClFN3O/c1-8-11(16)4-9(7-17)5-12(8)19-14(20)13-6-10(15)2-3-18-13/h2-6H,1H3,(H,19,20). The van der Waals surface area contributed by atoms with Gasteiger partial charge in [-0.25, -0.2) is 4.39 Å². The van der Waals surface area contributed by atoms with Gasteiger partial charge < -0.3 is 5.32 Å². The lowest BCUT2D eigenvalue weighted by Crippen LogP contribution is -2.15. The van der Waals surface area contributed by atoms with Gasteiger partial charge in [0.15, 0.2) is 0 Å². The summed E-state index contributed by atoms with van der Waals surface area (Å²) in [5.74, 6) is -1.08. The maximum Gasteiger partial charge on any atom is 0.274 e. The molecule has 1 heterocycles. The van der Waals surface area contributed by atoms with Crippen LogP contribution in [0.25, 0.3) is 0 Å². The maximum atomic E-state index is 13.6. The molecule has 2 rings (SSSR count). The van der Waals surface area contributed by atoms with E-state index in [4.69, 9.17) is 16.9 Å². The van der Waals surface area contributed by atoms with Crippen LogP contribution in [0.4, 0.5) is 10.1 Å². The lowest BCUT2D eigenvalue weighted by Gasteiger charge is -2.09. The number of amides is 1. The largest absolute Gasteiger partial charge is 0.320 e. The van der Waals surface area contributed by atoms with Gasteiger partial charge in [0.05, 0.1) is 11.6 Å². The highest BCUT2D eigenvalue weighted by Crippen LogP contribution is 2.21. The fourth-order valence-corrected chi connectivity index (χ4v) is 1.75. The Labute approximate surface area is 119 Å². The SMILES string of the molecule is Cc1c(F)cc(C#N)cc1NC(=O)c1cc(Cl)ccn1. The number of carbonyl (C=O) groups is 1. The minimum atomic E-state index is -0.557. The van der Waals surface area contributed by atoms with E-state index in [1.54, 1.807) is 6.07 Å². The van der Waals surface area contributed by atoms with Crippen LogP contribution in [0, 0.1) is 24.1 Å². The Kier molecular flexibility index (Phi) is 3.97. The number of aromatic nitrogens is 1. The summed E-state index contributed by atoms with van der Waals surface area (Å²) in [6.07, 6.45) is 1.40. The quantitative estimate of drug-likeness (QED) is 0.922. The lowest BCUT2D eigenvalue weighted by atomic mass is 10.1. The number of benzene rings is 1. The van der Waals surface area contributed by atoms with Crippen LogP contribution in [0.5, 0.6) is 0 Å². The van der Waals surface area contributed by atoms with Gasteiger partial charge in [0, 0.05) is 22.5 Å². The van der Waals surface area contributed by atoms with Crippen molar-refractivity contribution in [2.24, 2.45) is 0 Å². The minimum absolute atomic E-state index is 0.111. The monoisotopic (exact) mass is 289 g/mol. The van der Waals surface area contributed by atoms with Crippen LogP contribution < -0.4 is 5.32 Å². The van der Waals surface area contributed by atoms with E-state index >= 15 is 0 Å². The number of hydrogen-bond donors (Lipinski definition) is 1. The second kappa shape index (κ2) is 5.68. The summed E-state index contributed by atoms with van der Waals surface area (Å²) in [6.45, 7) is 1.51. The first-order valence-corrected chi connectivity index (χ1v) is 6.02. The third kappa shape index (κ3) is 2.92. The molecule has 1 aromatic heterocycles. The molecule has 6 heteroatoms. The van der Waals surface area contributed by atoms with Crippen LogP contribution >= 0.6 is 11.6 Å². The first-order chi connectivity index (χ1) is 9.51. The van der Waals surface area contributed by atoms with Crippen LogP contribution in [0.2, 0.25) is 5.02 Å². The molecule has 0 spiro atoms. The number of nitrogens with zero attached hydrogens (tertiary/aromatic N) is 2. The molecule has 1 amide bonds. The van der Waals surface area contributed by atoms with Crippen LogP contribution in [0.1, 0.15) is 21.6 Å². The van der Waals surface area contributed by atoms with Crippen molar-refractivity contribution in [3.8, 4) is 6.07 Å². The van der Waals surface area contributed by atoms with Gasteiger partial charge >= 0.3 is 0 Å². The molecule has 0 bridgehead atoms. The van der Waals surface area contributed by atoms with Gasteiger partial charge in [0.1, 0.15) is 11.5 Å². The highest BCUT2D eigenvalue weighted by molar-refractivity contribution is 6.30. The van der Waals surface area contributed by atoms with Gasteiger partial charge in [0.25, 0.3) is 5.91 Å². The molecule has 1 N–H and O–H groups in total. The molecule has 0 saturated carbocycles. The third-order valence-electron chi connectivity index (χ3n) is 2.68. The molecule has 0 radical (unpaired) electrons. The van der Waals surface area contributed by atoms with Crippen molar-refractivity contribution in [3.05, 3.63) is 58.1 Å². The molecule has 2 aromatic rings. The third-order valence-corrected chi connectivity index (χ3v) is 2.91. The number of nitriles is 1. The molecule has 0 atom stereocenters. The zero-order valence-electron chi connectivity index (χ0n) is 10.4. The number of anilines is 1. The normalized spacial score (nSPS) is 9.90. The van der Waals surface area contributed by atoms with Crippen molar-refractivity contribution < 1.29 is 9.18 Å². The predicted octanol–water partition coefficient (Wildman–Crippen LogP) is 3.31. The van der Waals surface area contributed by atoms with Crippen molar-refractivity contribution in [1.29, 1.82) is 5.26 Å². The summed E-state index contributed by atoms with van der Waals surface area (Å²) in [6, 6.07) is 7.29. The molecule has 0 fully saturated rings. The average Bonchev–Trinajstić information content (AvgIpc) is 2.43. The number of rotatable bonds is 2. The van der Waals surface area contributed by atoms with Gasteiger partial charge in [-0.15, -0.1) is 0 Å². The summed E-state index contributed by atoms with van der Waals surface area (Å²) in [7, 11) is 0. The molecule has 100 valence electrons. The topological polar surface area (TPSA) is 65.8 Å². The Balaban J connectivity index is 2.33. The number of carbonyl (C=O) groups excluding carboxylic acids is 1. The van der Waals surface area contributed by atoms with Gasteiger partial charge in [0.2, 0.25) is 0 Å². The van der Waals surface area contributed by atoms with Gasteiger partial charge in [-0.3, -0.25) is 9.78 Å². The Morgan fingerprint density at radius 3 is 2.85 bits per heavy atom. The fraction of sp³-hybridized carbons (Fsp3) is 0.0714. The Morgan fingerprint density at radius 2 is 2.20 bits per heavy atom. The fourth-order valence-electron chi connectivity index (χ4n) is 1.59. The molecule has 0 aliphatic carbocycles. The Bertz CT molecular complexity index is 725. The second-order valence-corrected chi connectivity index (χ2v) is 4.49. The van der Waals surface area contributed by atoms with Gasteiger partial charge in [-0.1, -0.05) is 11.6 Å². The maximum absolute atomic E-state index is 13.6. The number of pyridine rings is 1. The van der Waals surface area contributed by atoms with Crippen LogP contribution in [0.3, 0.4) is 0 Å². The molecule has 4 nitrogen and oxygen atoms in total. The summed E-state index contributed by atoms with van der Waals surface area (Å²) in [4.78, 5) is 15.9. The van der Waals surface area contributed by atoms with E-state index in [1.165, 1.54) is 25.3 Å². The summed E-state index contributed by atoms with van der Waals surface area (Å²) >= 11 is 5.77. The summed E-state index contributed by atoms with van der Waals surface area (Å²) < 4.78 is 13.6. The summed E-state index contributed by atoms with van der Waals surface area (Å²) in [5.41, 5.74) is 0.717. The molecular weight excluding hydrogens is 281 g/mol. The molecule has 0 unspecified atom stereocenters. The molecule has 20 heavy (non-hydrogen) atoms. The number of halogens is 2. The smallest absolute Gasteiger partial charge is 0.274 e. The molecular formula is C14H9ClFN3O. The van der Waals surface area contributed by atoms with Crippen LogP contribution in [0.15, 0.2) is 30.5 Å². The van der Waals surface area contributed by atoms with Crippen molar-refractivity contribution >= 4 is 23.2 Å². The lowest BCUT2D eigenvalue weighted by molar-refractivity contribution is 0.102. The predicted molar refractivity (Wildman–Crippen MR) is 73.1 cm³/mol. The van der Waals surface area contributed by atoms with E-state index in [0.29, 0.717) is 5.02 Å². The van der Waals surface area contributed by atoms with Crippen molar-refractivity contribution in [2.45, 2.75) is 6.92 Å². The molecule has 0 aliphatic rings. The molecule has 0 aliphatic heterocycles. The van der Waals surface area contributed by atoms with Crippen molar-refractivity contribution in [1.82, 2.24) is 4.98 Å². The van der Waals surface area contributed by atoms with E-state index < -0.39 is 11.7 Å². The van der Waals surface area contributed by atoms with Crippen molar-refractivity contribution in [3.63, 3.8) is 0 Å². The van der Waals surface area contributed by atoms with E-state index in [-0.39, 0.29) is 22.5 Å². The first kappa shape index (κ1) is 14.0. The summed E-state index contributed by atoms with van der Waals surface area (Å²) in [5, 5.41) is 11.7. The van der Waals surface area contributed by atoms with E-state index in [2.05, 4.69) is 10.3 Å². The van der Waals surface area contributed by atoms with Crippen molar-refractivity contribution in [2.75, 3.05) is 5.32 Å². The molecule has 1 aromatic carbocycles. The highest BCUT2D eigenvalue weighted by Gasteiger charge is 2.12. The van der Waals surface area contributed by atoms with E-state index in [0.717, 1.165) is 6.07 Å². The van der Waals surface area contributed by atoms with E-state index in [9.17, 15) is 9.18 Å². The Hall–Kier alpha value is -2.45. The van der Waals surface area contributed by atoms with Crippen LogP contribution in [-0.2, 0) is 0 Å². The zero-order valence-corrected chi connectivity index (χ0v) is 11.2. The first-order valence-electron chi connectivity index (χ1n) is 5.64.